The molecular formula is C66H76Cl2N16O3+2. The molecule has 2 unspecified atom stereocenters. The van der Waals surface area contributed by atoms with Crippen molar-refractivity contribution in [3.63, 3.8) is 0 Å². The minimum atomic E-state index is -0.255. The van der Waals surface area contributed by atoms with Gasteiger partial charge in [-0.2, -0.15) is 9.97 Å². The molecule has 4 aromatic carbocycles. The Morgan fingerprint density at radius 3 is 1.45 bits per heavy atom. The van der Waals surface area contributed by atoms with Gasteiger partial charge < -0.3 is 36.0 Å². The van der Waals surface area contributed by atoms with Gasteiger partial charge in [-0.25, -0.2) is 9.03 Å². The smallest absolute Gasteiger partial charge is 0.244 e. The van der Waals surface area contributed by atoms with Gasteiger partial charge in [-0.05, 0) is 101 Å². The second-order valence-electron chi connectivity index (χ2n) is 23.5. The molecule has 4 fully saturated rings. The molecule has 4 aromatic heterocycles. The van der Waals surface area contributed by atoms with Gasteiger partial charge in [0, 0.05) is 123 Å². The first-order valence-corrected chi connectivity index (χ1v) is 31.2. The monoisotopic (exact) mass is 1210 g/mol. The number of nitrogens with zero attached hydrogens (tertiary/aromatic N) is 13. The molecule has 19 nitrogen and oxygen atoms in total. The summed E-state index contributed by atoms with van der Waals surface area (Å²) in [6.45, 7) is 8.77. The van der Waals surface area contributed by atoms with Crippen LogP contribution in [0.2, 0.25) is 10.0 Å². The summed E-state index contributed by atoms with van der Waals surface area (Å²) >= 11 is 12.2. The number of carbonyl (C=O) groups is 1. The van der Waals surface area contributed by atoms with Crippen LogP contribution in [0.1, 0.15) is 78.4 Å². The number of aldehydes is 1. The van der Waals surface area contributed by atoms with E-state index in [2.05, 4.69) is 105 Å². The van der Waals surface area contributed by atoms with E-state index in [0.29, 0.717) is 34.0 Å². The molecule has 8 aromatic rings. The van der Waals surface area contributed by atoms with E-state index in [1.165, 1.54) is 5.56 Å². The maximum Gasteiger partial charge on any atom is 0.244 e. The minimum absolute atomic E-state index is 0.0275. The van der Waals surface area contributed by atoms with Crippen LogP contribution in [0.4, 0.5) is 23.3 Å². The molecular weight excluding hydrogens is 1140 g/mol. The fraction of sp³-hybridized carbons (Fsp3) is 0.379. The van der Waals surface area contributed by atoms with E-state index < -0.39 is 0 Å². The number of halogens is 2. The number of piperidine rings is 4. The number of hydrazone groups is 2. The largest absolute Gasteiger partial charge is 0.395 e. The Balaban J connectivity index is 0.000000152. The highest BCUT2D eigenvalue weighted by atomic mass is 35.5. The Bertz CT molecular complexity index is 3700. The van der Waals surface area contributed by atoms with Crippen LogP contribution in [0, 0.1) is 0 Å². The molecule has 10 heterocycles. The fourth-order valence-electron chi connectivity index (χ4n) is 12.9. The Kier molecular flexibility index (Phi) is 18.7. The van der Waals surface area contributed by atoms with Gasteiger partial charge >= 0.3 is 0 Å². The lowest BCUT2D eigenvalue weighted by Crippen LogP contribution is -2.45. The van der Waals surface area contributed by atoms with Crippen molar-refractivity contribution < 1.29 is 24.4 Å². The summed E-state index contributed by atoms with van der Waals surface area (Å²) in [5.74, 6) is 1.17. The summed E-state index contributed by atoms with van der Waals surface area (Å²) in [6.07, 6.45) is 20.6. The van der Waals surface area contributed by atoms with Crippen LogP contribution in [-0.2, 0) is 17.4 Å². The second-order valence-corrected chi connectivity index (χ2v) is 24.4. The van der Waals surface area contributed by atoms with Crippen molar-refractivity contribution in [3.8, 4) is 0 Å². The van der Waals surface area contributed by atoms with Gasteiger partial charge in [0.15, 0.2) is 35.5 Å². The number of aliphatic hydroxyl groups is 2. The van der Waals surface area contributed by atoms with Gasteiger partial charge in [0.2, 0.25) is 24.3 Å². The predicted octanol–water partition coefficient (Wildman–Crippen LogP) is 8.47. The molecule has 5 N–H and O–H groups in total. The minimum Gasteiger partial charge on any atom is -0.395 e. The van der Waals surface area contributed by atoms with E-state index in [0.717, 1.165) is 156 Å². The summed E-state index contributed by atoms with van der Waals surface area (Å²) in [5, 5.41) is 51.1. The third kappa shape index (κ3) is 13.9. The summed E-state index contributed by atoms with van der Waals surface area (Å²) in [4.78, 5) is 27.0. The number of hydrogen-bond acceptors (Lipinski definition) is 15. The fourth-order valence-corrected chi connectivity index (χ4v) is 13.1. The van der Waals surface area contributed by atoms with Crippen LogP contribution in [0.25, 0.3) is 11.3 Å². The first-order chi connectivity index (χ1) is 42.6. The van der Waals surface area contributed by atoms with Gasteiger partial charge in [-0.15, -0.1) is 10.2 Å². The van der Waals surface area contributed by atoms with Crippen molar-refractivity contribution in [1.82, 2.24) is 39.4 Å². The average molecular weight is 1210 g/mol. The van der Waals surface area contributed by atoms with E-state index in [-0.39, 0.29) is 36.1 Å². The number of aliphatic hydroxyl groups excluding tert-OH is 2. The average Bonchev–Trinajstić information content (AvgIpc) is 4.29. The van der Waals surface area contributed by atoms with Crippen molar-refractivity contribution in [3.05, 3.63) is 178 Å². The van der Waals surface area contributed by atoms with Crippen molar-refractivity contribution in [2.75, 3.05) is 86.0 Å². The van der Waals surface area contributed by atoms with Gasteiger partial charge in [0.1, 0.15) is 18.7 Å². The lowest BCUT2D eigenvalue weighted by molar-refractivity contribution is -0.568. The molecule has 6 aliphatic rings. The van der Waals surface area contributed by atoms with E-state index >= 15 is 0 Å². The zero-order valence-corrected chi connectivity index (χ0v) is 50.4. The van der Waals surface area contributed by atoms with E-state index in [1.807, 2.05) is 113 Å². The Morgan fingerprint density at radius 2 is 1.01 bits per heavy atom. The van der Waals surface area contributed by atoms with Crippen LogP contribution >= 0.6 is 23.2 Å². The lowest BCUT2D eigenvalue weighted by atomic mass is 9.73. The molecule has 4 saturated heterocycles. The SMILES string of the molecule is O=Cc1ccccc1.OCC1(c2ccc(Cl)cc2)CCN(c2cccn3nc(NC4C=N[N+](C5CCN(Cc6ccccc6)CC5)=C4)nc23)CC1.OCC1(c2ccc(Cl)cc2)CCN(c2cccn3nc(NC4C=N[N+](C5CCNCC5)=C4)nc23)CC1. The molecule has 0 amide bonds. The molecule has 87 heavy (non-hydrogen) atoms. The lowest BCUT2D eigenvalue weighted by Gasteiger charge is -2.42. The molecule has 21 heteroatoms. The first kappa shape index (κ1) is 59.4. The molecule has 2 atom stereocenters. The molecule has 0 radical (unpaired) electrons. The zero-order chi connectivity index (χ0) is 59.6. The molecule has 0 saturated carbocycles. The molecule has 0 spiro atoms. The number of likely N-dealkylation sites (tertiary alicyclic amines) is 1. The standard InChI is InChI=1S/C33H38ClN8O.C26H32ClN8O.C7H6O/c34-27-10-8-26(9-11-27)33(24-43)14-19-40(20-15-33)30-7-4-16-41-31(30)37-32(38-41)36-28-21-35-42(23-28)29-12-17-39(18-13-29)22-25-5-2-1-3-6-25;27-20-5-3-19(4-6-20)26(18-36)9-14-33(15-10-26)23-2-1-13-34-24(23)31-25(32-34)30-21-16-29-35(17-21)22-7-11-28-12-8-22;8-6-7-4-2-1-3-5-7/h1-11,16,21,23,28-29,43H,12-15,17-20,22,24H2,(H,36,38);1-6,13,16-17,21-22,28,36H,7-12,14-15,18H2,(H,30,32);1-6H/q2*+1;. The second kappa shape index (κ2) is 27.4. The number of nitrogens with one attached hydrogen (secondary N) is 3. The summed E-state index contributed by atoms with van der Waals surface area (Å²) in [6, 6.07) is 44.6. The van der Waals surface area contributed by atoms with E-state index in [9.17, 15) is 15.0 Å². The Hall–Kier alpha value is -7.91. The van der Waals surface area contributed by atoms with Gasteiger partial charge in [-0.3, -0.25) is 9.69 Å². The van der Waals surface area contributed by atoms with Crippen molar-refractivity contribution in [2.24, 2.45) is 10.2 Å². The number of fused-ring (bicyclic) bond motifs is 2. The summed E-state index contributed by atoms with van der Waals surface area (Å²) < 4.78 is 7.89. The number of benzene rings is 4. The highest BCUT2D eigenvalue weighted by Gasteiger charge is 2.39. The third-order valence-corrected chi connectivity index (χ3v) is 18.6. The molecule has 6 aliphatic heterocycles. The number of anilines is 4. The summed E-state index contributed by atoms with van der Waals surface area (Å²) in [5.41, 5.74) is 7.65. The number of pyridine rings is 2. The van der Waals surface area contributed by atoms with E-state index in [4.69, 9.17) is 43.4 Å². The van der Waals surface area contributed by atoms with Crippen molar-refractivity contribution in [1.29, 1.82) is 0 Å². The van der Waals surface area contributed by atoms with Crippen LogP contribution < -0.4 is 25.8 Å². The molecule has 450 valence electrons. The maximum atomic E-state index is 10.4. The highest BCUT2D eigenvalue weighted by molar-refractivity contribution is 6.30. The predicted molar refractivity (Wildman–Crippen MR) is 346 cm³/mol. The van der Waals surface area contributed by atoms with Crippen molar-refractivity contribution in [2.45, 2.75) is 92.9 Å². The number of carbonyl (C=O) groups excluding carboxylic acids is 1. The molecule has 0 aliphatic carbocycles. The number of aromatic nitrogens is 6. The normalized spacial score (nSPS) is 20.3. The van der Waals surface area contributed by atoms with Crippen LogP contribution in [0.3, 0.4) is 0 Å². The van der Waals surface area contributed by atoms with Gasteiger partial charge in [0.25, 0.3) is 0 Å². The van der Waals surface area contributed by atoms with Gasteiger partial charge in [-0.1, -0.05) is 118 Å². The first-order valence-electron chi connectivity index (χ1n) is 30.5. The Labute approximate surface area is 517 Å². The number of rotatable bonds is 15. The molecule has 0 bridgehead atoms. The third-order valence-electron chi connectivity index (χ3n) is 18.1. The quantitative estimate of drug-likeness (QED) is 0.0485. The highest BCUT2D eigenvalue weighted by Crippen LogP contribution is 2.40. The molecule has 14 rings (SSSR count). The van der Waals surface area contributed by atoms with Crippen LogP contribution in [-0.4, -0.2) is 175 Å². The van der Waals surface area contributed by atoms with E-state index in [1.54, 1.807) is 12.1 Å². The maximum absolute atomic E-state index is 10.4. The topological polar surface area (TPSA) is 194 Å². The summed E-state index contributed by atoms with van der Waals surface area (Å²) in [7, 11) is 0. The Morgan fingerprint density at radius 1 is 0.563 bits per heavy atom. The van der Waals surface area contributed by atoms with Crippen LogP contribution in [0.5, 0.6) is 0 Å². The number of hydrogen-bond donors (Lipinski definition) is 5. The zero-order valence-electron chi connectivity index (χ0n) is 48.9. The van der Waals surface area contributed by atoms with Crippen LogP contribution in [0.15, 0.2) is 156 Å². The van der Waals surface area contributed by atoms with Crippen molar-refractivity contribution >= 4 is 88.9 Å². The van der Waals surface area contributed by atoms with Gasteiger partial charge in [0.05, 0.1) is 24.6 Å².